The number of amides is 2. The van der Waals surface area contributed by atoms with Crippen LogP contribution in [0.2, 0.25) is 0 Å². The molecule has 0 aliphatic carbocycles. The maximum absolute atomic E-state index is 11.7. The third-order valence-electron chi connectivity index (χ3n) is 3.16. The third kappa shape index (κ3) is 4.22. The van der Waals surface area contributed by atoms with E-state index in [1.807, 2.05) is 7.05 Å². The number of carboxylic acid groups (broad SMARTS) is 1. The number of likely N-dealkylation sites (tertiary alicyclic amines) is 1. The molecule has 1 saturated heterocycles. The van der Waals surface area contributed by atoms with Gasteiger partial charge in [-0.05, 0) is 33.4 Å². The van der Waals surface area contributed by atoms with E-state index in [0.717, 1.165) is 19.4 Å². The Balaban J connectivity index is 2.34. The summed E-state index contributed by atoms with van der Waals surface area (Å²) in [5, 5.41) is 11.4. The van der Waals surface area contributed by atoms with Gasteiger partial charge in [0.2, 0.25) is 0 Å². The van der Waals surface area contributed by atoms with Crippen LogP contribution < -0.4 is 5.32 Å². The van der Waals surface area contributed by atoms with Gasteiger partial charge in [0.1, 0.15) is 6.54 Å². The minimum Gasteiger partial charge on any atom is -0.480 e. The summed E-state index contributed by atoms with van der Waals surface area (Å²) < 4.78 is 0. The van der Waals surface area contributed by atoms with Crippen LogP contribution in [0.3, 0.4) is 0 Å². The Morgan fingerprint density at radius 2 is 2.24 bits per heavy atom. The van der Waals surface area contributed by atoms with E-state index in [-0.39, 0.29) is 12.6 Å². The summed E-state index contributed by atoms with van der Waals surface area (Å²) in [6.07, 6.45) is 2.24. The van der Waals surface area contributed by atoms with Crippen molar-refractivity contribution in [2.24, 2.45) is 0 Å². The maximum Gasteiger partial charge on any atom is 0.323 e. The van der Waals surface area contributed by atoms with E-state index in [4.69, 9.17) is 5.11 Å². The number of carbonyl (C=O) groups excluding carboxylic acids is 1. The van der Waals surface area contributed by atoms with Gasteiger partial charge in [-0.2, -0.15) is 0 Å². The molecule has 98 valence electrons. The zero-order valence-corrected chi connectivity index (χ0v) is 10.5. The lowest BCUT2D eigenvalue weighted by molar-refractivity contribution is -0.137. The van der Waals surface area contributed by atoms with E-state index in [1.165, 1.54) is 4.90 Å². The van der Waals surface area contributed by atoms with Gasteiger partial charge in [-0.15, -0.1) is 0 Å². The standard InChI is InChI=1S/C11H21N3O3/c1-3-14(8-10(15)16)11(17)12-7-9-5-4-6-13(9)2/h9H,3-8H2,1-2H3,(H,12,17)(H,15,16). The second-order valence-electron chi connectivity index (χ2n) is 4.37. The van der Waals surface area contributed by atoms with Crippen LogP contribution >= 0.6 is 0 Å². The first kappa shape index (κ1) is 13.8. The molecule has 17 heavy (non-hydrogen) atoms. The molecule has 1 aliphatic rings. The second-order valence-corrected chi connectivity index (χ2v) is 4.37. The first-order valence-corrected chi connectivity index (χ1v) is 5.99. The molecule has 6 nitrogen and oxygen atoms in total. The predicted octanol–water partition coefficient (Wildman–Crippen LogP) is 0.197. The van der Waals surface area contributed by atoms with Crippen LogP contribution in [0.1, 0.15) is 19.8 Å². The van der Waals surface area contributed by atoms with Crippen LogP contribution in [-0.4, -0.2) is 66.2 Å². The van der Waals surface area contributed by atoms with Crippen molar-refractivity contribution in [3.05, 3.63) is 0 Å². The average Bonchev–Trinajstić information content (AvgIpc) is 2.68. The molecular formula is C11H21N3O3. The van der Waals surface area contributed by atoms with Gasteiger partial charge in [-0.25, -0.2) is 4.79 Å². The number of carboxylic acids is 1. The monoisotopic (exact) mass is 243 g/mol. The van der Waals surface area contributed by atoms with Crippen molar-refractivity contribution in [2.45, 2.75) is 25.8 Å². The topological polar surface area (TPSA) is 72.9 Å². The van der Waals surface area contributed by atoms with E-state index in [1.54, 1.807) is 6.92 Å². The largest absolute Gasteiger partial charge is 0.480 e. The molecule has 2 amide bonds. The van der Waals surface area contributed by atoms with E-state index in [9.17, 15) is 9.59 Å². The van der Waals surface area contributed by atoms with Crippen LogP contribution in [0, 0.1) is 0 Å². The first-order chi connectivity index (χ1) is 8.04. The van der Waals surface area contributed by atoms with Gasteiger partial charge in [0.05, 0.1) is 0 Å². The number of likely N-dealkylation sites (N-methyl/N-ethyl adjacent to an activating group) is 2. The molecule has 0 saturated carbocycles. The van der Waals surface area contributed by atoms with E-state index in [0.29, 0.717) is 19.1 Å². The number of urea groups is 1. The average molecular weight is 243 g/mol. The highest BCUT2D eigenvalue weighted by atomic mass is 16.4. The molecule has 0 aromatic rings. The van der Waals surface area contributed by atoms with Crippen LogP contribution in [0.15, 0.2) is 0 Å². The Hall–Kier alpha value is -1.30. The molecule has 0 aromatic carbocycles. The van der Waals surface area contributed by atoms with Crippen LogP contribution in [-0.2, 0) is 4.79 Å². The first-order valence-electron chi connectivity index (χ1n) is 5.99. The third-order valence-corrected chi connectivity index (χ3v) is 3.16. The molecule has 0 bridgehead atoms. The van der Waals surface area contributed by atoms with Crippen molar-refractivity contribution in [1.29, 1.82) is 0 Å². The molecule has 2 N–H and O–H groups in total. The molecule has 1 unspecified atom stereocenters. The quantitative estimate of drug-likeness (QED) is 0.723. The van der Waals surface area contributed by atoms with Gasteiger partial charge in [-0.1, -0.05) is 0 Å². The molecule has 1 rings (SSSR count). The fourth-order valence-corrected chi connectivity index (χ4v) is 2.04. The van der Waals surface area contributed by atoms with Crippen LogP contribution in [0.4, 0.5) is 4.79 Å². The van der Waals surface area contributed by atoms with Crippen molar-refractivity contribution in [3.63, 3.8) is 0 Å². The number of hydrogen-bond acceptors (Lipinski definition) is 3. The van der Waals surface area contributed by atoms with Gasteiger partial charge in [0, 0.05) is 19.1 Å². The fraction of sp³-hybridized carbons (Fsp3) is 0.818. The van der Waals surface area contributed by atoms with Crippen molar-refractivity contribution >= 4 is 12.0 Å². The maximum atomic E-state index is 11.7. The normalized spacial score (nSPS) is 20.2. The highest BCUT2D eigenvalue weighted by Crippen LogP contribution is 2.13. The Morgan fingerprint density at radius 1 is 1.53 bits per heavy atom. The number of carbonyl (C=O) groups is 2. The van der Waals surface area contributed by atoms with E-state index in [2.05, 4.69) is 10.2 Å². The molecular weight excluding hydrogens is 222 g/mol. The smallest absolute Gasteiger partial charge is 0.323 e. The second kappa shape index (κ2) is 6.44. The summed E-state index contributed by atoms with van der Waals surface area (Å²) >= 11 is 0. The van der Waals surface area contributed by atoms with Crippen LogP contribution in [0.5, 0.6) is 0 Å². The van der Waals surface area contributed by atoms with Gasteiger partial charge in [0.15, 0.2) is 0 Å². The molecule has 1 atom stereocenters. The lowest BCUT2D eigenvalue weighted by Gasteiger charge is -2.23. The molecule has 1 fully saturated rings. The van der Waals surface area contributed by atoms with E-state index < -0.39 is 5.97 Å². The molecule has 1 aliphatic heterocycles. The van der Waals surface area contributed by atoms with Crippen molar-refractivity contribution < 1.29 is 14.7 Å². The Kier molecular flexibility index (Phi) is 5.21. The van der Waals surface area contributed by atoms with Crippen LogP contribution in [0.25, 0.3) is 0 Å². The Morgan fingerprint density at radius 3 is 2.71 bits per heavy atom. The van der Waals surface area contributed by atoms with Gasteiger partial charge in [0.25, 0.3) is 0 Å². The summed E-state index contributed by atoms with van der Waals surface area (Å²) in [7, 11) is 2.04. The van der Waals surface area contributed by atoms with E-state index >= 15 is 0 Å². The van der Waals surface area contributed by atoms with Crippen molar-refractivity contribution in [2.75, 3.05) is 33.2 Å². The summed E-state index contributed by atoms with van der Waals surface area (Å²) in [6, 6.07) is 0.0812. The number of rotatable bonds is 5. The SMILES string of the molecule is CCN(CC(=O)O)C(=O)NCC1CCCN1C. The lowest BCUT2D eigenvalue weighted by atomic mass is 10.2. The zero-order chi connectivity index (χ0) is 12.8. The summed E-state index contributed by atoms with van der Waals surface area (Å²) in [4.78, 5) is 25.8. The summed E-state index contributed by atoms with van der Waals surface area (Å²) in [5.74, 6) is -0.986. The summed E-state index contributed by atoms with van der Waals surface area (Å²) in [6.45, 7) is 3.57. The molecule has 1 heterocycles. The highest BCUT2D eigenvalue weighted by Gasteiger charge is 2.22. The minimum atomic E-state index is -0.986. The van der Waals surface area contributed by atoms with Gasteiger partial charge < -0.3 is 20.2 Å². The van der Waals surface area contributed by atoms with Crippen molar-refractivity contribution in [1.82, 2.24) is 15.1 Å². The number of nitrogens with one attached hydrogen (secondary N) is 1. The predicted molar refractivity (Wildman–Crippen MR) is 63.9 cm³/mol. The molecule has 0 aromatic heterocycles. The summed E-state index contributed by atoms with van der Waals surface area (Å²) in [5.41, 5.74) is 0. The molecule has 6 heteroatoms. The minimum absolute atomic E-state index is 0.247. The Bertz CT molecular complexity index is 283. The number of aliphatic carboxylic acids is 1. The van der Waals surface area contributed by atoms with Gasteiger partial charge in [-0.3, -0.25) is 4.79 Å². The molecule has 0 radical (unpaired) electrons. The number of hydrogen-bond donors (Lipinski definition) is 2. The Labute approximate surface area is 102 Å². The van der Waals surface area contributed by atoms with Crippen molar-refractivity contribution in [3.8, 4) is 0 Å². The highest BCUT2D eigenvalue weighted by molar-refractivity contribution is 5.80. The molecule has 0 spiro atoms. The zero-order valence-electron chi connectivity index (χ0n) is 10.5. The number of nitrogens with zero attached hydrogens (tertiary/aromatic N) is 2. The fourth-order valence-electron chi connectivity index (χ4n) is 2.04. The van der Waals surface area contributed by atoms with Gasteiger partial charge >= 0.3 is 12.0 Å². The lowest BCUT2D eigenvalue weighted by Crippen LogP contribution is -2.46.